The number of hydroxylamine groups is 2. The molecule has 0 radical (unpaired) electrons. The first-order valence-corrected chi connectivity index (χ1v) is 8.45. The zero-order chi connectivity index (χ0) is 18.6. The fourth-order valence-electron chi connectivity index (χ4n) is 1.87. The van der Waals surface area contributed by atoms with E-state index in [4.69, 9.17) is 9.57 Å². The summed E-state index contributed by atoms with van der Waals surface area (Å²) >= 11 is 1.36. The van der Waals surface area contributed by atoms with E-state index in [1.165, 1.54) is 25.5 Å². The fraction of sp³-hybridized carbons (Fsp3) is 0.353. The monoisotopic (exact) mass is 363 g/mol. The Morgan fingerprint density at radius 1 is 1.20 bits per heavy atom. The van der Waals surface area contributed by atoms with Gasteiger partial charge in [-0.1, -0.05) is 0 Å². The molecule has 25 heavy (non-hydrogen) atoms. The normalized spacial score (nSPS) is 11.1. The van der Waals surface area contributed by atoms with E-state index in [0.717, 1.165) is 10.6 Å². The first-order chi connectivity index (χ1) is 11.7. The maximum atomic E-state index is 12.0. The van der Waals surface area contributed by atoms with Crippen LogP contribution in [0.25, 0.3) is 10.6 Å². The summed E-state index contributed by atoms with van der Waals surface area (Å²) < 4.78 is 5.20. The Balaban J connectivity index is 2.06. The van der Waals surface area contributed by atoms with Crippen molar-refractivity contribution in [2.75, 3.05) is 19.5 Å². The Bertz CT molecular complexity index is 750. The van der Waals surface area contributed by atoms with E-state index in [2.05, 4.69) is 10.3 Å². The standard InChI is InChI=1S/C17H21N3O4S/c1-17(2,3)24-16(22)18-12-8-6-11(7-9-12)14-19-13(10-25-14)15(21)20(4)23-5/h6-10H,1-5H3,(H,18,22). The molecule has 134 valence electrons. The predicted octanol–water partition coefficient (Wildman–Crippen LogP) is 3.79. The van der Waals surface area contributed by atoms with Gasteiger partial charge in [-0.2, -0.15) is 0 Å². The van der Waals surface area contributed by atoms with Gasteiger partial charge in [-0.05, 0) is 45.0 Å². The van der Waals surface area contributed by atoms with E-state index < -0.39 is 11.7 Å². The average molecular weight is 363 g/mol. The molecular weight excluding hydrogens is 342 g/mol. The molecule has 7 nitrogen and oxygen atoms in total. The van der Waals surface area contributed by atoms with Crippen molar-refractivity contribution in [3.05, 3.63) is 35.3 Å². The minimum absolute atomic E-state index is 0.312. The number of thiazole rings is 1. The topological polar surface area (TPSA) is 80.8 Å². The lowest BCUT2D eigenvalue weighted by molar-refractivity contribution is -0.0760. The molecule has 1 aromatic carbocycles. The molecule has 0 fully saturated rings. The summed E-state index contributed by atoms with van der Waals surface area (Å²) in [4.78, 5) is 32.9. The van der Waals surface area contributed by atoms with Gasteiger partial charge in [0.1, 0.15) is 16.3 Å². The number of nitrogens with zero attached hydrogens (tertiary/aromatic N) is 2. The minimum Gasteiger partial charge on any atom is -0.444 e. The largest absolute Gasteiger partial charge is 0.444 e. The molecule has 0 saturated carbocycles. The number of nitrogens with one attached hydrogen (secondary N) is 1. The van der Waals surface area contributed by atoms with Gasteiger partial charge in [0.05, 0.1) is 7.11 Å². The number of hydrogen-bond donors (Lipinski definition) is 1. The average Bonchev–Trinajstić information content (AvgIpc) is 3.02. The van der Waals surface area contributed by atoms with Gasteiger partial charge in [-0.25, -0.2) is 14.8 Å². The summed E-state index contributed by atoms with van der Waals surface area (Å²) in [5, 5.41) is 6.17. The van der Waals surface area contributed by atoms with E-state index in [1.807, 2.05) is 12.1 Å². The number of ether oxygens (including phenoxy) is 1. The van der Waals surface area contributed by atoms with Crippen LogP contribution >= 0.6 is 11.3 Å². The quantitative estimate of drug-likeness (QED) is 0.836. The number of carbonyl (C=O) groups is 2. The predicted molar refractivity (Wildman–Crippen MR) is 96.5 cm³/mol. The Labute approximate surface area is 150 Å². The highest BCUT2D eigenvalue weighted by Crippen LogP contribution is 2.25. The van der Waals surface area contributed by atoms with Gasteiger partial charge in [-0.3, -0.25) is 14.9 Å². The molecule has 0 saturated heterocycles. The van der Waals surface area contributed by atoms with Crippen LogP contribution < -0.4 is 5.32 Å². The molecule has 2 rings (SSSR count). The fourth-order valence-corrected chi connectivity index (χ4v) is 2.67. The molecule has 8 heteroatoms. The second-order valence-corrected chi connectivity index (χ2v) is 7.09. The van der Waals surface area contributed by atoms with E-state index in [-0.39, 0.29) is 5.91 Å². The highest BCUT2D eigenvalue weighted by molar-refractivity contribution is 7.13. The Kier molecular flexibility index (Phi) is 5.76. The van der Waals surface area contributed by atoms with Gasteiger partial charge in [-0.15, -0.1) is 11.3 Å². The summed E-state index contributed by atoms with van der Waals surface area (Å²) in [5.74, 6) is -0.312. The van der Waals surface area contributed by atoms with E-state index in [1.54, 1.807) is 38.3 Å². The van der Waals surface area contributed by atoms with Crippen LogP contribution in [0.2, 0.25) is 0 Å². The highest BCUT2D eigenvalue weighted by atomic mass is 32.1. The third-order valence-electron chi connectivity index (χ3n) is 3.06. The van der Waals surface area contributed by atoms with Crippen LogP contribution in [-0.2, 0) is 9.57 Å². The molecule has 0 aliphatic carbocycles. The minimum atomic E-state index is -0.552. The summed E-state index contributed by atoms with van der Waals surface area (Å²) in [6.45, 7) is 5.41. The second-order valence-electron chi connectivity index (χ2n) is 6.23. The summed E-state index contributed by atoms with van der Waals surface area (Å²) in [5.41, 5.74) is 1.23. The van der Waals surface area contributed by atoms with Crippen molar-refractivity contribution in [2.45, 2.75) is 26.4 Å². The van der Waals surface area contributed by atoms with Crippen LogP contribution in [0.5, 0.6) is 0 Å². The van der Waals surface area contributed by atoms with Crippen molar-refractivity contribution >= 4 is 29.0 Å². The number of rotatable bonds is 4. The van der Waals surface area contributed by atoms with Crippen LogP contribution in [0.3, 0.4) is 0 Å². The number of aromatic nitrogens is 1. The number of benzene rings is 1. The molecule has 0 unspecified atom stereocenters. The maximum Gasteiger partial charge on any atom is 0.412 e. The molecule has 0 bridgehead atoms. The van der Waals surface area contributed by atoms with Gasteiger partial charge >= 0.3 is 6.09 Å². The molecule has 0 spiro atoms. The number of amides is 2. The third kappa shape index (κ3) is 5.27. The van der Waals surface area contributed by atoms with Crippen molar-refractivity contribution < 1.29 is 19.2 Å². The lowest BCUT2D eigenvalue weighted by atomic mass is 10.2. The SMILES string of the molecule is CON(C)C(=O)c1csc(-c2ccc(NC(=O)OC(C)(C)C)cc2)n1. The van der Waals surface area contributed by atoms with Crippen molar-refractivity contribution in [1.29, 1.82) is 0 Å². The van der Waals surface area contributed by atoms with Crippen LogP contribution in [0, 0.1) is 0 Å². The van der Waals surface area contributed by atoms with Crippen LogP contribution in [0.4, 0.5) is 10.5 Å². The lowest BCUT2D eigenvalue weighted by Gasteiger charge is -2.19. The van der Waals surface area contributed by atoms with Crippen LogP contribution in [0.1, 0.15) is 31.3 Å². The van der Waals surface area contributed by atoms with Gasteiger partial charge in [0.2, 0.25) is 0 Å². The zero-order valence-corrected chi connectivity index (χ0v) is 15.6. The third-order valence-corrected chi connectivity index (χ3v) is 3.95. The molecule has 1 N–H and O–H groups in total. The van der Waals surface area contributed by atoms with Gasteiger partial charge in [0.25, 0.3) is 5.91 Å². The molecule has 2 aromatic rings. The first kappa shape index (κ1) is 18.9. The zero-order valence-electron chi connectivity index (χ0n) is 14.8. The van der Waals surface area contributed by atoms with E-state index in [9.17, 15) is 9.59 Å². The molecule has 0 aliphatic heterocycles. The molecule has 2 amide bonds. The Morgan fingerprint density at radius 2 is 1.84 bits per heavy atom. The Hall–Kier alpha value is -2.45. The number of anilines is 1. The van der Waals surface area contributed by atoms with Gasteiger partial charge in [0, 0.05) is 23.7 Å². The summed E-state index contributed by atoms with van der Waals surface area (Å²) in [6, 6.07) is 7.15. The van der Waals surface area contributed by atoms with Crippen molar-refractivity contribution in [1.82, 2.24) is 10.0 Å². The molecular formula is C17H21N3O4S. The van der Waals surface area contributed by atoms with Crippen molar-refractivity contribution in [3.63, 3.8) is 0 Å². The molecule has 1 aromatic heterocycles. The maximum absolute atomic E-state index is 12.0. The lowest BCUT2D eigenvalue weighted by Crippen LogP contribution is -2.27. The molecule has 1 heterocycles. The van der Waals surface area contributed by atoms with E-state index in [0.29, 0.717) is 16.4 Å². The van der Waals surface area contributed by atoms with Crippen molar-refractivity contribution in [3.8, 4) is 10.6 Å². The smallest absolute Gasteiger partial charge is 0.412 e. The first-order valence-electron chi connectivity index (χ1n) is 7.58. The van der Waals surface area contributed by atoms with Crippen LogP contribution in [0.15, 0.2) is 29.6 Å². The highest BCUT2D eigenvalue weighted by Gasteiger charge is 2.17. The van der Waals surface area contributed by atoms with Gasteiger partial charge < -0.3 is 4.74 Å². The number of carbonyl (C=O) groups excluding carboxylic acids is 2. The molecule has 0 atom stereocenters. The van der Waals surface area contributed by atoms with E-state index >= 15 is 0 Å². The summed E-state index contributed by atoms with van der Waals surface area (Å²) in [7, 11) is 2.94. The Morgan fingerprint density at radius 3 is 2.40 bits per heavy atom. The van der Waals surface area contributed by atoms with Crippen LogP contribution in [-0.4, -0.2) is 41.8 Å². The molecule has 0 aliphatic rings. The second kappa shape index (κ2) is 7.62. The summed E-state index contributed by atoms with van der Waals surface area (Å²) in [6.07, 6.45) is -0.509. The van der Waals surface area contributed by atoms with Gasteiger partial charge in [0.15, 0.2) is 0 Å². The number of hydrogen-bond acceptors (Lipinski definition) is 6. The van der Waals surface area contributed by atoms with Crippen molar-refractivity contribution in [2.24, 2.45) is 0 Å².